The lowest BCUT2D eigenvalue weighted by Gasteiger charge is -2.32. The average Bonchev–Trinajstić information content (AvgIpc) is 2.78. The molecule has 2 rings (SSSR count). The number of benzene rings is 1. The van der Waals surface area contributed by atoms with E-state index in [-0.39, 0.29) is 18.8 Å². The summed E-state index contributed by atoms with van der Waals surface area (Å²) >= 11 is 0. The van der Waals surface area contributed by atoms with Crippen molar-refractivity contribution in [3.05, 3.63) is 41.4 Å². The average molecular weight is 348 g/mol. The van der Waals surface area contributed by atoms with Crippen molar-refractivity contribution in [1.82, 2.24) is 4.90 Å². The van der Waals surface area contributed by atoms with Crippen LogP contribution in [0, 0.1) is 5.82 Å². The number of ether oxygens (including phenoxy) is 2. The van der Waals surface area contributed by atoms with Crippen molar-refractivity contribution >= 4 is 18.5 Å². The molecule has 0 aromatic heterocycles. The zero-order valence-electron chi connectivity index (χ0n) is 15.4. The van der Waals surface area contributed by atoms with Crippen LogP contribution in [0.4, 0.5) is 14.9 Å². The van der Waals surface area contributed by atoms with Gasteiger partial charge >= 0.3 is 6.09 Å². The SMILES string of the molecule is C=Nc1cccc(F)c1C/C=C1\COC(C)(C)N1C(=O)OC(C)(C)C. The van der Waals surface area contributed by atoms with Gasteiger partial charge in [0, 0.05) is 11.3 Å². The van der Waals surface area contributed by atoms with E-state index in [2.05, 4.69) is 11.7 Å². The van der Waals surface area contributed by atoms with Crippen LogP contribution in [-0.2, 0) is 15.9 Å². The summed E-state index contributed by atoms with van der Waals surface area (Å²) in [7, 11) is 0. The number of carbonyl (C=O) groups is 1. The fraction of sp³-hybridized carbons (Fsp3) is 0.474. The number of amides is 1. The summed E-state index contributed by atoms with van der Waals surface area (Å²) < 4.78 is 25.3. The number of carbonyl (C=O) groups excluding carboxylic acids is 1. The lowest BCUT2D eigenvalue weighted by molar-refractivity contribution is -0.0567. The molecule has 136 valence electrons. The fourth-order valence-corrected chi connectivity index (χ4v) is 2.64. The Morgan fingerprint density at radius 1 is 1.48 bits per heavy atom. The van der Waals surface area contributed by atoms with Gasteiger partial charge in [-0.05, 0) is 59.9 Å². The molecule has 0 atom stereocenters. The molecule has 1 aliphatic rings. The molecule has 0 bridgehead atoms. The van der Waals surface area contributed by atoms with Crippen LogP contribution in [-0.4, -0.2) is 35.6 Å². The van der Waals surface area contributed by atoms with Gasteiger partial charge in [-0.15, -0.1) is 0 Å². The van der Waals surface area contributed by atoms with Gasteiger partial charge in [-0.3, -0.25) is 9.89 Å². The number of aliphatic imine (C=N–C) groups is 1. The van der Waals surface area contributed by atoms with Crippen molar-refractivity contribution < 1.29 is 18.7 Å². The van der Waals surface area contributed by atoms with Crippen LogP contribution < -0.4 is 0 Å². The van der Waals surface area contributed by atoms with E-state index in [1.807, 2.05) is 0 Å². The Kier molecular flexibility index (Phi) is 5.32. The van der Waals surface area contributed by atoms with Crippen molar-refractivity contribution in [3.63, 3.8) is 0 Å². The van der Waals surface area contributed by atoms with Crippen LogP contribution in [0.5, 0.6) is 0 Å². The molecule has 0 N–H and O–H groups in total. The molecule has 1 heterocycles. The summed E-state index contributed by atoms with van der Waals surface area (Å²) in [4.78, 5) is 17.9. The maximum atomic E-state index is 14.1. The predicted molar refractivity (Wildman–Crippen MR) is 95.5 cm³/mol. The van der Waals surface area contributed by atoms with Crippen LogP contribution >= 0.6 is 0 Å². The van der Waals surface area contributed by atoms with Crippen molar-refractivity contribution in [1.29, 1.82) is 0 Å². The van der Waals surface area contributed by atoms with E-state index in [1.165, 1.54) is 11.0 Å². The van der Waals surface area contributed by atoms with E-state index < -0.39 is 17.4 Å². The number of rotatable bonds is 3. The highest BCUT2D eigenvalue weighted by Gasteiger charge is 2.42. The largest absolute Gasteiger partial charge is 0.443 e. The van der Waals surface area contributed by atoms with Crippen LogP contribution in [0.1, 0.15) is 40.2 Å². The molecule has 1 amide bonds. The molecule has 6 heteroatoms. The van der Waals surface area contributed by atoms with Gasteiger partial charge in [0.05, 0.1) is 12.3 Å². The first-order chi connectivity index (χ1) is 11.5. The van der Waals surface area contributed by atoms with E-state index in [4.69, 9.17) is 9.47 Å². The lowest BCUT2D eigenvalue weighted by Crippen LogP contribution is -2.45. The van der Waals surface area contributed by atoms with E-state index in [9.17, 15) is 9.18 Å². The number of halogens is 1. The summed E-state index contributed by atoms with van der Waals surface area (Å²) in [5, 5.41) is 0. The Hall–Kier alpha value is -2.21. The minimum absolute atomic E-state index is 0.248. The van der Waals surface area contributed by atoms with Crippen LogP contribution in [0.3, 0.4) is 0 Å². The molecule has 0 aliphatic carbocycles. The Morgan fingerprint density at radius 3 is 2.76 bits per heavy atom. The molecular weight excluding hydrogens is 323 g/mol. The topological polar surface area (TPSA) is 51.1 Å². The standard InChI is InChI=1S/C19H25FN2O3/c1-18(2,3)25-17(23)22-13(12-24-19(22,4)5)10-11-14-15(20)8-7-9-16(14)21-6/h7-10H,6,11-12H2,1-5H3/b13-10+. The van der Waals surface area contributed by atoms with Gasteiger partial charge in [-0.2, -0.15) is 0 Å². The van der Waals surface area contributed by atoms with Crippen molar-refractivity contribution in [3.8, 4) is 0 Å². The minimum atomic E-state index is -0.830. The molecule has 1 aromatic rings. The smallest absolute Gasteiger partial charge is 0.416 e. The molecule has 0 spiro atoms. The van der Waals surface area contributed by atoms with Gasteiger partial charge in [-0.25, -0.2) is 9.18 Å². The van der Waals surface area contributed by atoms with Crippen molar-refractivity contribution in [2.24, 2.45) is 4.99 Å². The maximum Gasteiger partial charge on any atom is 0.416 e. The third-order valence-electron chi connectivity index (χ3n) is 3.78. The second-order valence-electron chi connectivity index (χ2n) is 7.35. The Bertz CT molecular complexity index is 705. The van der Waals surface area contributed by atoms with Crippen LogP contribution in [0.15, 0.2) is 35.0 Å². The normalized spacial score (nSPS) is 18.5. The second kappa shape index (κ2) is 6.96. The molecule has 1 aliphatic heterocycles. The first-order valence-electron chi connectivity index (χ1n) is 8.15. The minimum Gasteiger partial charge on any atom is -0.443 e. The zero-order chi connectivity index (χ0) is 18.8. The Labute approximate surface area is 148 Å². The van der Waals surface area contributed by atoms with E-state index in [0.29, 0.717) is 16.9 Å². The fourth-order valence-electron chi connectivity index (χ4n) is 2.64. The van der Waals surface area contributed by atoms with Crippen molar-refractivity contribution in [2.45, 2.75) is 52.4 Å². The third kappa shape index (κ3) is 4.45. The molecular formula is C19H25FN2O3. The lowest BCUT2D eigenvalue weighted by atomic mass is 10.1. The van der Waals surface area contributed by atoms with E-state index >= 15 is 0 Å². The molecule has 0 radical (unpaired) electrons. The third-order valence-corrected chi connectivity index (χ3v) is 3.78. The number of allylic oxidation sites excluding steroid dienone is 1. The number of hydrogen-bond donors (Lipinski definition) is 0. The Balaban J connectivity index is 2.29. The van der Waals surface area contributed by atoms with Crippen molar-refractivity contribution in [2.75, 3.05) is 6.61 Å². The molecule has 1 fully saturated rings. The van der Waals surface area contributed by atoms with Gasteiger partial charge in [0.25, 0.3) is 0 Å². The van der Waals surface area contributed by atoms with Gasteiger partial charge in [-0.1, -0.05) is 12.1 Å². The molecule has 1 saturated heterocycles. The van der Waals surface area contributed by atoms with E-state index in [0.717, 1.165) is 0 Å². The number of hydrogen-bond acceptors (Lipinski definition) is 4. The maximum absolute atomic E-state index is 14.1. The van der Waals surface area contributed by atoms with Gasteiger partial charge < -0.3 is 9.47 Å². The predicted octanol–water partition coefficient (Wildman–Crippen LogP) is 4.59. The molecule has 0 saturated carbocycles. The highest BCUT2D eigenvalue weighted by Crippen LogP contribution is 2.32. The van der Waals surface area contributed by atoms with Crippen LogP contribution in [0.25, 0.3) is 0 Å². The summed E-state index contributed by atoms with van der Waals surface area (Å²) in [6.45, 7) is 12.7. The second-order valence-corrected chi connectivity index (χ2v) is 7.35. The van der Waals surface area contributed by atoms with Gasteiger partial charge in [0.15, 0.2) is 0 Å². The summed E-state index contributed by atoms with van der Waals surface area (Å²) in [5.41, 5.74) is 0.102. The Morgan fingerprint density at radius 2 is 2.16 bits per heavy atom. The van der Waals surface area contributed by atoms with Gasteiger partial charge in [0.1, 0.15) is 17.1 Å². The van der Waals surface area contributed by atoms with E-state index in [1.54, 1.807) is 52.8 Å². The summed E-state index contributed by atoms with van der Waals surface area (Å²) in [6.07, 6.45) is 1.55. The first kappa shape index (κ1) is 19.1. The summed E-state index contributed by atoms with van der Waals surface area (Å²) in [5.74, 6) is -0.358. The zero-order valence-corrected chi connectivity index (χ0v) is 15.4. The molecule has 1 aromatic carbocycles. The number of nitrogens with zero attached hydrogens (tertiary/aromatic N) is 2. The monoisotopic (exact) mass is 348 g/mol. The molecule has 25 heavy (non-hydrogen) atoms. The van der Waals surface area contributed by atoms with Gasteiger partial charge in [0.2, 0.25) is 0 Å². The quantitative estimate of drug-likeness (QED) is 0.751. The highest BCUT2D eigenvalue weighted by atomic mass is 19.1. The summed E-state index contributed by atoms with van der Waals surface area (Å²) in [6, 6.07) is 4.67. The molecule has 0 unspecified atom stereocenters. The first-order valence-corrected chi connectivity index (χ1v) is 8.15. The highest BCUT2D eigenvalue weighted by molar-refractivity contribution is 5.72. The molecule has 5 nitrogen and oxygen atoms in total. The van der Waals surface area contributed by atoms with Crippen LogP contribution in [0.2, 0.25) is 0 Å².